The average Bonchev–Trinajstić information content (AvgIpc) is 2.90. The van der Waals surface area contributed by atoms with E-state index < -0.39 is 34.8 Å². The second-order valence-corrected chi connectivity index (χ2v) is 8.49. The van der Waals surface area contributed by atoms with Gasteiger partial charge in [0.1, 0.15) is 12.0 Å². The predicted molar refractivity (Wildman–Crippen MR) is 131 cm³/mol. The first-order valence-electron chi connectivity index (χ1n) is 12.0. The van der Waals surface area contributed by atoms with Crippen molar-refractivity contribution in [3.63, 3.8) is 0 Å². The molecule has 2 heterocycles. The summed E-state index contributed by atoms with van der Waals surface area (Å²) in [6.07, 6.45) is -1.74. The van der Waals surface area contributed by atoms with E-state index >= 15 is 0 Å². The number of hydrogen-bond donors (Lipinski definition) is 3. The molecule has 3 N–H and O–H groups in total. The molecular weight excluding hydrogens is 509 g/mol. The third-order valence-corrected chi connectivity index (χ3v) is 5.93. The third-order valence-electron chi connectivity index (χ3n) is 5.93. The van der Waals surface area contributed by atoms with Gasteiger partial charge in [-0.05, 0) is 49.6 Å². The Labute approximate surface area is 217 Å². The summed E-state index contributed by atoms with van der Waals surface area (Å²) < 4.78 is 50.8. The summed E-state index contributed by atoms with van der Waals surface area (Å²) >= 11 is 0. The molecular formula is C25H29F3N4O6. The molecule has 0 radical (unpaired) electrons. The van der Waals surface area contributed by atoms with Gasteiger partial charge in [-0.2, -0.15) is 13.2 Å². The maximum Gasteiger partial charge on any atom is 0.416 e. The number of anilines is 1. The summed E-state index contributed by atoms with van der Waals surface area (Å²) in [7, 11) is 0. The Hall–Kier alpha value is -3.71. The van der Waals surface area contributed by atoms with Crippen molar-refractivity contribution in [2.75, 3.05) is 31.6 Å². The van der Waals surface area contributed by atoms with E-state index in [1.807, 2.05) is 0 Å². The van der Waals surface area contributed by atoms with Crippen molar-refractivity contribution in [1.29, 1.82) is 0 Å². The fraction of sp³-hybridized carbons (Fsp3) is 0.440. The molecule has 1 amide bonds. The highest BCUT2D eigenvalue weighted by molar-refractivity contribution is 5.91. The number of nitrogens with zero attached hydrogens (tertiary/aromatic N) is 2. The van der Waals surface area contributed by atoms with Gasteiger partial charge in [0, 0.05) is 44.2 Å². The topological polar surface area (TPSA) is 136 Å². The van der Waals surface area contributed by atoms with E-state index in [4.69, 9.17) is 9.47 Å². The van der Waals surface area contributed by atoms with E-state index in [1.165, 1.54) is 24.3 Å². The molecule has 3 rings (SSSR count). The Morgan fingerprint density at radius 1 is 1.21 bits per heavy atom. The summed E-state index contributed by atoms with van der Waals surface area (Å²) in [5.41, 5.74) is -0.363. The number of allylic oxidation sites excluding steroid dienone is 1. The number of ether oxygens (including phenoxy) is 2. The lowest BCUT2D eigenvalue weighted by Crippen LogP contribution is -2.39. The normalized spacial score (nSPS) is 19.3. The molecule has 0 aliphatic carbocycles. The van der Waals surface area contributed by atoms with Crippen molar-refractivity contribution in [2.24, 2.45) is 5.92 Å². The summed E-state index contributed by atoms with van der Waals surface area (Å²) in [6, 6.07) is 7.49. The minimum absolute atomic E-state index is 0.0259. The third kappa shape index (κ3) is 7.65. The standard InChI is InChI=1S/C25H29F3N4O6/c1-2-37-24-19(4-3-13-33)20(16-5-7-17(8-6-16)25(26,27)28)14-21(38-24)23(34)30-12-11-29-22-10-9-18(15-31-22)32(35)36/h5-10,14-15,19-20,24,33H,2-4,11-13H2,1H3,(H,29,31)(H,30,34)/t19-,20+,24+/m0/s1. The molecule has 38 heavy (non-hydrogen) atoms. The number of alkyl halides is 3. The monoisotopic (exact) mass is 538 g/mol. The molecule has 206 valence electrons. The van der Waals surface area contributed by atoms with Gasteiger partial charge in [0.2, 0.25) is 6.29 Å². The van der Waals surface area contributed by atoms with Crippen molar-refractivity contribution < 1.29 is 37.5 Å². The first-order valence-corrected chi connectivity index (χ1v) is 12.0. The van der Waals surface area contributed by atoms with E-state index in [0.717, 1.165) is 18.3 Å². The lowest BCUT2D eigenvalue weighted by atomic mass is 9.80. The van der Waals surface area contributed by atoms with Crippen LogP contribution in [0.15, 0.2) is 54.4 Å². The Balaban J connectivity index is 1.73. The maximum absolute atomic E-state index is 13.1. The number of aliphatic hydroxyl groups is 1. The number of aromatic nitrogens is 1. The van der Waals surface area contributed by atoms with Gasteiger partial charge in [0.15, 0.2) is 5.76 Å². The number of halogens is 3. The van der Waals surface area contributed by atoms with E-state index in [2.05, 4.69) is 15.6 Å². The molecule has 1 aromatic heterocycles. The van der Waals surface area contributed by atoms with Gasteiger partial charge in [-0.1, -0.05) is 12.1 Å². The van der Waals surface area contributed by atoms with Crippen LogP contribution in [0, 0.1) is 16.0 Å². The SMILES string of the molecule is CCO[C@@H]1OC(C(=O)NCCNc2ccc([N+](=O)[O-])cn2)=C[C@H](c2ccc(C(F)(F)F)cc2)[C@@H]1CCCO. The van der Waals surface area contributed by atoms with Crippen LogP contribution in [0.25, 0.3) is 0 Å². The number of aliphatic hydroxyl groups excluding tert-OH is 1. The molecule has 3 atom stereocenters. The second kappa shape index (κ2) is 13.2. The molecule has 0 bridgehead atoms. The average molecular weight is 539 g/mol. The number of hydrogen-bond acceptors (Lipinski definition) is 8. The summed E-state index contributed by atoms with van der Waals surface area (Å²) in [5, 5.41) is 25.7. The molecule has 0 unspecified atom stereocenters. The molecule has 1 aliphatic heterocycles. The number of amides is 1. The number of carbonyl (C=O) groups is 1. The maximum atomic E-state index is 13.1. The molecule has 0 saturated carbocycles. The molecule has 13 heteroatoms. The molecule has 0 saturated heterocycles. The molecule has 10 nitrogen and oxygen atoms in total. The van der Waals surface area contributed by atoms with Crippen molar-refractivity contribution in [3.8, 4) is 0 Å². The van der Waals surface area contributed by atoms with Crippen molar-refractivity contribution in [1.82, 2.24) is 10.3 Å². The fourth-order valence-corrected chi connectivity index (χ4v) is 4.09. The van der Waals surface area contributed by atoms with Crippen LogP contribution in [0.3, 0.4) is 0 Å². The van der Waals surface area contributed by atoms with Crippen LogP contribution in [-0.4, -0.2) is 53.5 Å². The second-order valence-electron chi connectivity index (χ2n) is 8.49. The van der Waals surface area contributed by atoms with Crippen LogP contribution in [-0.2, 0) is 20.4 Å². The van der Waals surface area contributed by atoms with E-state index in [9.17, 15) is 33.2 Å². The Kier molecular flexibility index (Phi) is 10.0. The lowest BCUT2D eigenvalue weighted by molar-refractivity contribution is -0.385. The van der Waals surface area contributed by atoms with Crippen molar-refractivity contribution in [3.05, 3.63) is 75.7 Å². The highest BCUT2D eigenvalue weighted by Crippen LogP contribution is 2.40. The van der Waals surface area contributed by atoms with Gasteiger partial charge in [-0.3, -0.25) is 14.9 Å². The van der Waals surface area contributed by atoms with Gasteiger partial charge >= 0.3 is 6.18 Å². The highest BCUT2D eigenvalue weighted by Gasteiger charge is 2.38. The van der Waals surface area contributed by atoms with Crippen molar-refractivity contribution >= 4 is 17.4 Å². The predicted octanol–water partition coefficient (Wildman–Crippen LogP) is 3.99. The van der Waals surface area contributed by atoms with Gasteiger partial charge in [-0.25, -0.2) is 4.98 Å². The van der Waals surface area contributed by atoms with Crippen LogP contribution in [0.1, 0.15) is 36.8 Å². The smallest absolute Gasteiger partial charge is 0.416 e. The number of benzene rings is 1. The Morgan fingerprint density at radius 2 is 1.95 bits per heavy atom. The van der Waals surface area contributed by atoms with Crippen LogP contribution in [0.4, 0.5) is 24.7 Å². The zero-order valence-corrected chi connectivity index (χ0v) is 20.6. The first-order chi connectivity index (χ1) is 18.1. The quantitative estimate of drug-likeness (QED) is 0.210. The Bertz CT molecular complexity index is 1110. The van der Waals surface area contributed by atoms with Crippen molar-refractivity contribution in [2.45, 2.75) is 38.1 Å². The van der Waals surface area contributed by atoms with E-state index in [0.29, 0.717) is 24.2 Å². The number of carbonyl (C=O) groups excluding carboxylic acids is 1. The van der Waals surface area contributed by atoms with E-state index in [-0.39, 0.29) is 43.7 Å². The Morgan fingerprint density at radius 3 is 2.53 bits per heavy atom. The minimum atomic E-state index is -4.47. The highest BCUT2D eigenvalue weighted by atomic mass is 19.4. The van der Waals surface area contributed by atoms with Crippen LogP contribution in [0.2, 0.25) is 0 Å². The van der Waals surface area contributed by atoms with Gasteiger partial charge in [-0.15, -0.1) is 0 Å². The largest absolute Gasteiger partial charge is 0.459 e. The summed E-state index contributed by atoms with van der Waals surface area (Å²) in [5.74, 6) is -1.00. The molecule has 0 spiro atoms. The molecule has 1 aromatic carbocycles. The van der Waals surface area contributed by atoms with Crippen LogP contribution in [0.5, 0.6) is 0 Å². The first kappa shape index (κ1) is 28.9. The molecule has 0 fully saturated rings. The van der Waals surface area contributed by atoms with Gasteiger partial charge < -0.3 is 25.2 Å². The van der Waals surface area contributed by atoms with Crippen LogP contribution >= 0.6 is 0 Å². The number of pyridine rings is 1. The number of nitro groups is 1. The minimum Gasteiger partial charge on any atom is -0.459 e. The summed E-state index contributed by atoms with van der Waals surface area (Å²) in [4.78, 5) is 27.0. The van der Waals surface area contributed by atoms with Crippen LogP contribution < -0.4 is 10.6 Å². The molecule has 1 aliphatic rings. The molecule has 2 aromatic rings. The lowest BCUT2D eigenvalue weighted by Gasteiger charge is -2.37. The summed E-state index contributed by atoms with van der Waals surface area (Å²) in [6.45, 7) is 2.38. The van der Waals surface area contributed by atoms with Gasteiger partial charge in [0.25, 0.3) is 11.6 Å². The fourth-order valence-electron chi connectivity index (χ4n) is 4.09. The van der Waals surface area contributed by atoms with E-state index in [1.54, 1.807) is 13.0 Å². The number of rotatable bonds is 12. The zero-order valence-electron chi connectivity index (χ0n) is 20.6. The number of nitrogens with one attached hydrogen (secondary N) is 2. The van der Waals surface area contributed by atoms with Gasteiger partial charge in [0.05, 0.1) is 10.5 Å². The zero-order chi connectivity index (χ0) is 27.7.